The van der Waals surface area contributed by atoms with Crippen LogP contribution in [0.25, 0.3) is 0 Å². The molecule has 3 aromatic rings. The van der Waals surface area contributed by atoms with Gasteiger partial charge in [0.1, 0.15) is 17.7 Å². The van der Waals surface area contributed by atoms with E-state index in [-0.39, 0.29) is 18.2 Å². The molecule has 3 rings (SSSR count). The van der Waals surface area contributed by atoms with Gasteiger partial charge in [0.2, 0.25) is 5.91 Å². The SMILES string of the molecule is CCCCCCN(C(=O)C(Cc1ccccc1)NC(=O)OC(C)(C)C)C(C(=O)Nc1ccccc1C)c1cccc(C)c1C. The van der Waals surface area contributed by atoms with E-state index < -0.39 is 23.8 Å². The minimum absolute atomic E-state index is 0.253. The Morgan fingerprint density at radius 3 is 2.14 bits per heavy atom. The minimum Gasteiger partial charge on any atom is -0.444 e. The van der Waals surface area contributed by atoms with Gasteiger partial charge in [-0.2, -0.15) is 0 Å². The molecule has 0 saturated heterocycles. The van der Waals surface area contributed by atoms with Gasteiger partial charge in [0.25, 0.3) is 5.91 Å². The molecule has 44 heavy (non-hydrogen) atoms. The summed E-state index contributed by atoms with van der Waals surface area (Å²) in [6.07, 6.45) is 3.29. The molecule has 0 bridgehead atoms. The first kappa shape index (κ1) is 34.4. The molecule has 0 aliphatic heterocycles. The van der Waals surface area contributed by atoms with Crippen LogP contribution in [-0.4, -0.2) is 41.0 Å². The molecule has 0 aliphatic rings. The molecule has 0 fully saturated rings. The lowest BCUT2D eigenvalue weighted by atomic mass is 9.94. The molecular weight excluding hydrogens is 550 g/mol. The van der Waals surface area contributed by atoms with Gasteiger partial charge in [-0.15, -0.1) is 0 Å². The van der Waals surface area contributed by atoms with Crippen molar-refractivity contribution in [2.75, 3.05) is 11.9 Å². The van der Waals surface area contributed by atoms with E-state index in [0.29, 0.717) is 12.2 Å². The van der Waals surface area contributed by atoms with E-state index in [1.807, 2.05) is 93.6 Å². The molecule has 7 heteroatoms. The lowest BCUT2D eigenvalue weighted by molar-refractivity contribution is -0.140. The van der Waals surface area contributed by atoms with Gasteiger partial charge in [0.15, 0.2) is 0 Å². The van der Waals surface area contributed by atoms with Crippen molar-refractivity contribution in [1.82, 2.24) is 10.2 Å². The Morgan fingerprint density at radius 2 is 1.48 bits per heavy atom. The van der Waals surface area contributed by atoms with Crippen LogP contribution in [0.4, 0.5) is 10.5 Å². The molecule has 2 atom stereocenters. The van der Waals surface area contributed by atoms with E-state index in [4.69, 9.17) is 4.74 Å². The third kappa shape index (κ3) is 9.97. The van der Waals surface area contributed by atoms with E-state index in [1.54, 1.807) is 25.7 Å². The highest BCUT2D eigenvalue weighted by Gasteiger charge is 2.37. The number of rotatable bonds is 13. The fourth-order valence-corrected chi connectivity index (χ4v) is 5.21. The number of nitrogens with one attached hydrogen (secondary N) is 2. The molecule has 0 saturated carbocycles. The summed E-state index contributed by atoms with van der Waals surface area (Å²) in [7, 11) is 0. The number of carbonyl (C=O) groups excluding carboxylic acids is 3. The Labute approximate surface area is 263 Å². The number of alkyl carbamates (subject to hydrolysis) is 1. The van der Waals surface area contributed by atoms with Crippen molar-refractivity contribution in [2.45, 2.75) is 98.3 Å². The molecule has 3 aromatic carbocycles. The third-order valence-corrected chi connectivity index (χ3v) is 7.71. The Kier molecular flexibility index (Phi) is 12.6. The van der Waals surface area contributed by atoms with E-state index >= 15 is 0 Å². The second-order valence-electron chi connectivity index (χ2n) is 12.5. The topological polar surface area (TPSA) is 87.7 Å². The van der Waals surface area contributed by atoms with Gasteiger partial charge in [0, 0.05) is 18.7 Å². The van der Waals surface area contributed by atoms with Crippen LogP contribution in [0.1, 0.15) is 87.2 Å². The van der Waals surface area contributed by atoms with Crippen LogP contribution in [0, 0.1) is 20.8 Å². The number of aryl methyl sites for hydroxylation is 2. The number of carbonyl (C=O) groups is 3. The highest BCUT2D eigenvalue weighted by atomic mass is 16.6. The second-order valence-corrected chi connectivity index (χ2v) is 12.5. The number of ether oxygens (including phenoxy) is 1. The maximum Gasteiger partial charge on any atom is 0.408 e. The smallest absolute Gasteiger partial charge is 0.408 e. The molecule has 236 valence electrons. The lowest BCUT2D eigenvalue weighted by Gasteiger charge is -2.35. The lowest BCUT2D eigenvalue weighted by Crippen LogP contribution is -2.53. The highest BCUT2D eigenvalue weighted by molar-refractivity contribution is 5.99. The third-order valence-electron chi connectivity index (χ3n) is 7.71. The first-order valence-corrected chi connectivity index (χ1v) is 15.7. The Hall–Kier alpha value is -4.13. The Morgan fingerprint density at radius 1 is 0.818 bits per heavy atom. The van der Waals surface area contributed by atoms with Crippen molar-refractivity contribution in [3.8, 4) is 0 Å². The molecule has 0 radical (unpaired) electrons. The number of hydrogen-bond donors (Lipinski definition) is 2. The molecule has 2 unspecified atom stereocenters. The summed E-state index contributed by atoms with van der Waals surface area (Å²) in [5, 5.41) is 5.96. The normalized spacial score (nSPS) is 12.6. The zero-order chi connectivity index (χ0) is 32.3. The van der Waals surface area contributed by atoms with E-state index in [9.17, 15) is 14.4 Å². The van der Waals surface area contributed by atoms with E-state index in [0.717, 1.165) is 53.5 Å². The number of unbranched alkanes of at least 4 members (excludes halogenated alkanes) is 3. The van der Waals surface area contributed by atoms with Gasteiger partial charge in [-0.25, -0.2) is 4.79 Å². The monoisotopic (exact) mass is 599 g/mol. The van der Waals surface area contributed by atoms with Crippen LogP contribution < -0.4 is 10.6 Å². The van der Waals surface area contributed by atoms with Crippen molar-refractivity contribution in [1.29, 1.82) is 0 Å². The number of para-hydroxylation sites is 1. The fraction of sp³-hybridized carbons (Fsp3) is 0.432. The van der Waals surface area contributed by atoms with Crippen molar-refractivity contribution in [3.63, 3.8) is 0 Å². The maximum absolute atomic E-state index is 14.7. The van der Waals surface area contributed by atoms with Crippen molar-refractivity contribution in [3.05, 3.63) is 101 Å². The van der Waals surface area contributed by atoms with Crippen molar-refractivity contribution >= 4 is 23.6 Å². The zero-order valence-electron chi connectivity index (χ0n) is 27.4. The van der Waals surface area contributed by atoms with Crippen LogP contribution in [0.3, 0.4) is 0 Å². The van der Waals surface area contributed by atoms with Gasteiger partial charge >= 0.3 is 6.09 Å². The summed E-state index contributed by atoms with van der Waals surface area (Å²) in [6, 6.07) is 21.2. The molecule has 0 heterocycles. The quantitative estimate of drug-likeness (QED) is 0.196. The van der Waals surface area contributed by atoms with Crippen molar-refractivity contribution in [2.24, 2.45) is 0 Å². The fourth-order valence-electron chi connectivity index (χ4n) is 5.21. The predicted molar refractivity (Wildman–Crippen MR) is 178 cm³/mol. The molecule has 3 amide bonds. The number of anilines is 1. The van der Waals surface area contributed by atoms with Gasteiger partial charge in [-0.1, -0.05) is 92.9 Å². The average Bonchev–Trinajstić information content (AvgIpc) is 2.96. The Bertz CT molecular complexity index is 1400. The summed E-state index contributed by atoms with van der Waals surface area (Å²) in [4.78, 5) is 43.8. The molecule has 0 aromatic heterocycles. The second kappa shape index (κ2) is 16.1. The minimum atomic E-state index is -0.947. The predicted octanol–water partition coefficient (Wildman–Crippen LogP) is 7.84. The largest absolute Gasteiger partial charge is 0.444 e. The number of amides is 3. The average molecular weight is 600 g/mol. The van der Waals surface area contributed by atoms with Gasteiger partial charge < -0.3 is 20.3 Å². The summed E-state index contributed by atoms with van der Waals surface area (Å²) < 4.78 is 5.57. The van der Waals surface area contributed by atoms with Crippen LogP contribution in [-0.2, 0) is 20.7 Å². The van der Waals surface area contributed by atoms with Gasteiger partial charge in [-0.3, -0.25) is 9.59 Å². The summed E-state index contributed by atoms with van der Waals surface area (Å²) in [5.74, 6) is -0.630. The molecule has 7 nitrogen and oxygen atoms in total. The first-order valence-electron chi connectivity index (χ1n) is 15.7. The van der Waals surface area contributed by atoms with Crippen LogP contribution in [0.15, 0.2) is 72.8 Å². The van der Waals surface area contributed by atoms with Crippen LogP contribution in [0.2, 0.25) is 0 Å². The number of hydrogen-bond acceptors (Lipinski definition) is 4. The van der Waals surface area contributed by atoms with Crippen LogP contribution >= 0.6 is 0 Å². The Balaban J connectivity index is 2.11. The van der Waals surface area contributed by atoms with Gasteiger partial charge in [-0.05, 0) is 81.8 Å². The summed E-state index contributed by atoms with van der Waals surface area (Å²) in [6.45, 7) is 13.8. The van der Waals surface area contributed by atoms with Crippen LogP contribution in [0.5, 0.6) is 0 Å². The summed E-state index contributed by atoms with van der Waals surface area (Å²) >= 11 is 0. The molecule has 2 N–H and O–H groups in total. The van der Waals surface area contributed by atoms with Crippen molar-refractivity contribution < 1.29 is 19.1 Å². The van der Waals surface area contributed by atoms with E-state index in [1.165, 1.54) is 0 Å². The molecular formula is C37H49N3O4. The maximum atomic E-state index is 14.7. The van der Waals surface area contributed by atoms with E-state index in [2.05, 4.69) is 17.6 Å². The molecule has 0 aliphatic carbocycles. The number of nitrogens with zero attached hydrogens (tertiary/aromatic N) is 1. The summed E-state index contributed by atoms with van der Waals surface area (Å²) in [5.41, 5.74) is 4.51. The molecule has 0 spiro atoms. The first-order chi connectivity index (χ1) is 20.9. The van der Waals surface area contributed by atoms with Gasteiger partial charge in [0.05, 0.1) is 0 Å². The highest BCUT2D eigenvalue weighted by Crippen LogP contribution is 2.30. The standard InChI is InChI=1S/C37H49N3O4/c1-8-9-10-16-24-40(35(42)32(25-29-20-12-11-13-21-29)39-36(43)44-37(5,6)7)33(30-22-17-19-26(2)28(30)4)34(41)38-31-23-15-14-18-27(31)3/h11-15,17-23,32-33H,8-10,16,24-25H2,1-7H3,(H,38,41)(H,39,43). The number of benzene rings is 3. The zero-order valence-corrected chi connectivity index (χ0v) is 27.4.